The number of rotatable bonds is 17. The van der Waals surface area contributed by atoms with Crippen LogP contribution in [0, 0.1) is 11.3 Å². The molecule has 5 rings (SSSR count). The van der Waals surface area contributed by atoms with Gasteiger partial charge in [-0.05, 0) is 84.0 Å². The van der Waals surface area contributed by atoms with Gasteiger partial charge in [-0.25, -0.2) is 0 Å². The molecule has 63 heavy (non-hydrogen) atoms. The van der Waals surface area contributed by atoms with Gasteiger partial charge in [0.1, 0.15) is 55.4 Å². The SMILES string of the molecule is CCCCc1ccc(-c2ccc(C(=O)N[C@@H](CN)C(=O)N(C)[C@@H]3C(=O)N[C@@H](C)C(=O)N[C@H](C(=O)NCC#N)Cc4ccc(OCCO)c(c4)-c4cc3ccc4OCCN)cc2)cc1. The average molecular weight is 861 g/mol. The van der Waals surface area contributed by atoms with Gasteiger partial charge in [0, 0.05) is 43.2 Å². The maximum Gasteiger partial charge on any atom is 0.251 e. The minimum absolute atomic E-state index is 0.0151. The van der Waals surface area contributed by atoms with Crippen molar-refractivity contribution >= 4 is 29.5 Å². The molecule has 0 aliphatic carbocycles. The van der Waals surface area contributed by atoms with Gasteiger partial charge in [-0.2, -0.15) is 5.26 Å². The monoisotopic (exact) mass is 860 g/mol. The molecule has 1 aliphatic rings. The molecule has 0 unspecified atom stereocenters. The van der Waals surface area contributed by atoms with Crippen LogP contribution in [0.2, 0.25) is 0 Å². The first-order valence-electron chi connectivity index (χ1n) is 21.0. The maximum atomic E-state index is 14.4. The summed E-state index contributed by atoms with van der Waals surface area (Å²) < 4.78 is 12.0. The number of benzene rings is 4. The van der Waals surface area contributed by atoms with Gasteiger partial charge in [-0.3, -0.25) is 24.0 Å². The van der Waals surface area contributed by atoms with E-state index < -0.39 is 53.7 Å². The quantitative estimate of drug-likeness (QED) is 0.0760. The summed E-state index contributed by atoms with van der Waals surface area (Å²) in [4.78, 5) is 70.5. The second-order valence-corrected chi connectivity index (χ2v) is 15.2. The highest BCUT2D eigenvalue weighted by Gasteiger charge is 2.36. The Morgan fingerprint density at radius 1 is 0.905 bits per heavy atom. The smallest absolute Gasteiger partial charge is 0.251 e. The number of ether oxygens (including phenoxy) is 2. The number of carbonyl (C=O) groups excluding carboxylic acids is 5. The molecule has 9 N–H and O–H groups in total. The lowest BCUT2D eigenvalue weighted by Crippen LogP contribution is -2.56. The molecule has 1 heterocycles. The van der Waals surface area contributed by atoms with Crippen LogP contribution < -0.4 is 42.2 Å². The summed E-state index contributed by atoms with van der Waals surface area (Å²) >= 11 is 0. The van der Waals surface area contributed by atoms with E-state index >= 15 is 0 Å². The van der Waals surface area contributed by atoms with Gasteiger partial charge in [0.2, 0.25) is 23.6 Å². The van der Waals surface area contributed by atoms with Gasteiger partial charge < -0.3 is 52.2 Å². The summed E-state index contributed by atoms with van der Waals surface area (Å²) in [5.74, 6) is -2.68. The van der Waals surface area contributed by atoms with Crippen LogP contribution in [0.1, 0.15) is 59.8 Å². The second-order valence-electron chi connectivity index (χ2n) is 15.2. The molecule has 0 spiro atoms. The van der Waals surface area contributed by atoms with E-state index in [2.05, 4.69) is 40.3 Å². The van der Waals surface area contributed by atoms with E-state index in [1.807, 2.05) is 30.3 Å². The lowest BCUT2D eigenvalue weighted by molar-refractivity contribution is -0.141. The predicted molar refractivity (Wildman–Crippen MR) is 237 cm³/mol. The van der Waals surface area contributed by atoms with Gasteiger partial charge in [-0.1, -0.05) is 61.9 Å². The molecule has 1 aliphatic heterocycles. The number of aryl methyl sites for hydroxylation is 1. The Morgan fingerprint density at radius 3 is 2.19 bits per heavy atom. The number of hydrogen-bond donors (Lipinski definition) is 7. The number of unbranched alkanes of at least 4 members (excludes halogenated alkanes) is 1. The van der Waals surface area contributed by atoms with Crippen molar-refractivity contribution in [1.29, 1.82) is 5.26 Å². The highest BCUT2D eigenvalue weighted by molar-refractivity contribution is 6.00. The molecular weight excluding hydrogens is 805 g/mol. The zero-order valence-corrected chi connectivity index (χ0v) is 35.8. The van der Waals surface area contributed by atoms with Crippen molar-refractivity contribution in [2.75, 3.05) is 46.5 Å². The number of likely N-dealkylation sites (N-methyl/N-ethyl adjacent to an activating group) is 1. The van der Waals surface area contributed by atoms with Crippen molar-refractivity contribution in [2.45, 2.75) is 63.7 Å². The number of nitrogens with one attached hydrogen (secondary N) is 4. The van der Waals surface area contributed by atoms with Crippen LogP contribution >= 0.6 is 0 Å². The average Bonchev–Trinajstić information content (AvgIpc) is 3.30. The van der Waals surface area contributed by atoms with Crippen molar-refractivity contribution in [2.24, 2.45) is 11.5 Å². The molecule has 5 amide bonds. The minimum Gasteiger partial charge on any atom is -0.492 e. The predicted octanol–water partition coefficient (Wildman–Crippen LogP) is 2.51. The van der Waals surface area contributed by atoms with Crippen molar-refractivity contribution in [1.82, 2.24) is 26.2 Å². The van der Waals surface area contributed by atoms with Gasteiger partial charge in [0.05, 0.1) is 12.7 Å². The van der Waals surface area contributed by atoms with Gasteiger partial charge in [0.25, 0.3) is 5.91 Å². The molecular formula is C47H56N8O8. The number of nitriles is 1. The fourth-order valence-electron chi connectivity index (χ4n) is 7.21. The number of amides is 5. The molecule has 4 aromatic carbocycles. The Morgan fingerprint density at radius 2 is 1.56 bits per heavy atom. The Hall–Kier alpha value is -6.80. The largest absolute Gasteiger partial charge is 0.492 e. The van der Waals surface area contributed by atoms with Crippen molar-refractivity contribution < 1.29 is 38.6 Å². The van der Waals surface area contributed by atoms with E-state index in [1.54, 1.807) is 48.5 Å². The molecule has 0 aromatic heterocycles. The van der Waals surface area contributed by atoms with Gasteiger partial charge in [0.15, 0.2) is 0 Å². The summed E-state index contributed by atoms with van der Waals surface area (Å²) in [6.07, 6.45) is 3.22. The zero-order valence-electron chi connectivity index (χ0n) is 35.8. The molecule has 16 heteroatoms. The van der Waals surface area contributed by atoms with E-state index in [-0.39, 0.29) is 45.9 Å². The van der Waals surface area contributed by atoms with E-state index in [9.17, 15) is 29.1 Å². The van der Waals surface area contributed by atoms with Gasteiger partial charge >= 0.3 is 0 Å². The molecule has 0 radical (unpaired) electrons. The number of aliphatic hydroxyl groups is 1. The fraction of sp³-hybridized carbons (Fsp3) is 0.362. The van der Waals surface area contributed by atoms with Crippen LogP contribution in [0.25, 0.3) is 22.3 Å². The Labute approximate surface area is 367 Å². The van der Waals surface area contributed by atoms with Crippen LogP contribution in [0.3, 0.4) is 0 Å². The number of aliphatic hydroxyl groups excluding tert-OH is 1. The van der Waals surface area contributed by atoms with Gasteiger partial charge in [-0.15, -0.1) is 0 Å². The Balaban J connectivity index is 1.51. The molecule has 4 bridgehead atoms. The maximum absolute atomic E-state index is 14.4. The third-order valence-corrected chi connectivity index (χ3v) is 10.6. The Bertz CT molecular complexity index is 2280. The van der Waals surface area contributed by atoms with Crippen molar-refractivity contribution in [3.63, 3.8) is 0 Å². The summed E-state index contributed by atoms with van der Waals surface area (Å²) in [5.41, 5.74) is 17.1. The number of nitrogens with two attached hydrogens (primary N) is 2. The molecule has 4 atom stereocenters. The van der Waals surface area contributed by atoms with E-state index in [1.165, 1.54) is 19.5 Å². The van der Waals surface area contributed by atoms with E-state index in [4.69, 9.17) is 26.2 Å². The highest BCUT2D eigenvalue weighted by atomic mass is 16.5. The molecule has 0 saturated carbocycles. The van der Waals surface area contributed by atoms with Crippen LogP contribution in [0.5, 0.6) is 11.5 Å². The third-order valence-electron chi connectivity index (χ3n) is 10.6. The lowest BCUT2D eigenvalue weighted by atomic mass is 9.93. The van der Waals surface area contributed by atoms with Crippen LogP contribution in [0.15, 0.2) is 84.9 Å². The summed E-state index contributed by atoms with van der Waals surface area (Å²) in [6, 6.07) is 22.0. The van der Waals surface area contributed by atoms with E-state index in [0.29, 0.717) is 39.3 Å². The number of hydrogen-bond acceptors (Lipinski definition) is 11. The van der Waals surface area contributed by atoms with Crippen LogP contribution in [-0.2, 0) is 32.0 Å². The second kappa shape index (κ2) is 22.9. The number of nitrogens with zero attached hydrogens (tertiary/aromatic N) is 2. The zero-order chi connectivity index (χ0) is 45.5. The van der Waals surface area contributed by atoms with Crippen molar-refractivity contribution in [3.05, 3.63) is 107 Å². The summed E-state index contributed by atoms with van der Waals surface area (Å²) in [6.45, 7) is 2.91. The minimum atomic E-state index is -1.41. The molecule has 0 fully saturated rings. The summed E-state index contributed by atoms with van der Waals surface area (Å²) in [5, 5.41) is 29.4. The fourth-order valence-corrected chi connectivity index (χ4v) is 7.21. The molecule has 332 valence electrons. The highest BCUT2D eigenvalue weighted by Crippen LogP contribution is 2.40. The first kappa shape index (κ1) is 47.3. The molecule has 0 saturated heterocycles. The number of carbonyl (C=O) groups is 5. The first-order valence-corrected chi connectivity index (χ1v) is 21.0. The molecule has 16 nitrogen and oxygen atoms in total. The normalized spacial score (nSPS) is 16.6. The first-order chi connectivity index (χ1) is 30.4. The standard InChI is InChI=1S/C47H56N8O8/c1-4-5-6-30-7-10-32(11-8-30)33-12-14-34(15-13-33)44(58)54-39(28-50)47(61)55(3)42-35-16-18-41(62-23-20-49)37(27-35)36-25-31(9-17-40(36)63-24-22-56)26-38(45(59)51-21-19-48)53-43(57)29(2)52-46(42)60/h7-18,25,27,29,38-39,42,56H,4-6,20-24,26,28,49-50H2,1-3H3,(H,51,59)(H,52,60)(H,53,57)(H,54,58)/t29-,38-,39-,42-/m0/s1. The molecule has 4 aromatic rings. The third kappa shape index (κ3) is 12.2. The van der Waals surface area contributed by atoms with Crippen LogP contribution in [-0.4, -0.2) is 104 Å². The summed E-state index contributed by atoms with van der Waals surface area (Å²) in [7, 11) is 1.39. The van der Waals surface area contributed by atoms with Crippen LogP contribution in [0.4, 0.5) is 0 Å². The Kier molecular flexibility index (Phi) is 17.2. The lowest BCUT2D eigenvalue weighted by Gasteiger charge is -2.32. The topological polar surface area (TPSA) is 251 Å². The van der Waals surface area contributed by atoms with E-state index in [0.717, 1.165) is 35.3 Å². The van der Waals surface area contributed by atoms with Crippen molar-refractivity contribution in [3.8, 4) is 39.8 Å². The number of fused-ring (bicyclic) bond motifs is 5.